The van der Waals surface area contributed by atoms with Crippen LogP contribution in [0.2, 0.25) is 0 Å². The smallest absolute Gasteiger partial charge is 0.137 e. The van der Waals surface area contributed by atoms with Crippen LogP contribution in [0.25, 0.3) is 55.0 Å². The molecule has 250 valence electrons. The summed E-state index contributed by atoms with van der Waals surface area (Å²) in [4.78, 5) is 2.43. The fourth-order valence-corrected chi connectivity index (χ4v) is 11.8. The lowest BCUT2D eigenvalue weighted by atomic mass is 9.43. The van der Waals surface area contributed by atoms with E-state index in [1.54, 1.807) is 11.1 Å². The van der Waals surface area contributed by atoms with Crippen LogP contribution in [-0.4, -0.2) is 0 Å². The summed E-state index contributed by atoms with van der Waals surface area (Å²) >= 11 is 0. The van der Waals surface area contributed by atoms with Crippen LogP contribution in [-0.2, 0) is 5.41 Å². The highest BCUT2D eigenvalue weighted by Gasteiger charge is 2.61. The summed E-state index contributed by atoms with van der Waals surface area (Å²) < 4.78 is 6.45. The largest absolute Gasteiger partial charge is 0.456 e. The SMILES string of the molecule is c1ccc2c(c1)-c1cc(N(c3ccc(-c4ccc5ccccc5c4)cc3)c3ccc4c(c3)oc3ccccc34)ccc1C21C2CC3CC(C2)CC1C3. The molecule has 1 aromatic heterocycles. The number of hydrogen-bond acceptors (Lipinski definition) is 2. The molecule has 7 aromatic carbocycles. The van der Waals surface area contributed by atoms with Gasteiger partial charge in [0, 0.05) is 39.3 Å². The van der Waals surface area contributed by atoms with Gasteiger partial charge < -0.3 is 9.32 Å². The summed E-state index contributed by atoms with van der Waals surface area (Å²) in [5, 5.41) is 4.84. The van der Waals surface area contributed by atoms with Crippen LogP contribution < -0.4 is 4.90 Å². The molecule has 0 atom stereocenters. The minimum Gasteiger partial charge on any atom is -0.456 e. The molecule has 0 unspecified atom stereocenters. The predicted octanol–water partition coefficient (Wildman–Crippen LogP) is 13.6. The maximum absolute atomic E-state index is 6.45. The second-order valence-electron chi connectivity index (χ2n) is 16.2. The number of furan rings is 1. The summed E-state index contributed by atoms with van der Waals surface area (Å²) in [5.74, 6) is 3.38. The predicted molar refractivity (Wildman–Crippen MR) is 215 cm³/mol. The van der Waals surface area contributed by atoms with Crippen molar-refractivity contribution in [1.82, 2.24) is 0 Å². The summed E-state index contributed by atoms with van der Waals surface area (Å²) in [7, 11) is 0. The summed E-state index contributed by atoms with van der Waals surface area (Å²) in [6.07, 6.45) is 7.07. The lowest BCUT2D eigenvalue weighted by molar-refractivity contribution is -0.0399. The quantitative estimate of drug-likeness (QED) is 0.185. The maximum Gasteiger partial charge on any atom is 0.137 e. The molecule has 0 aliphatic heterocycles. The van der Waals surface area contributed by atoms with Gasteiger partial charge >= 0.3 is 0 Å². The zero-order chi connectivity index (χ0) is 34.0. The van der Waals surface area contributed by atoms with Crippen LogP contribution in [0, 0.1) is 23.7 Å². The summed E-state index contributed by atoms with van der Waals surface area (Å²) in [6, 6.07) is 56.5. The number of hydrogen-bond donors (Lipinski definition) is 0. The van der Waals surface area contributed by atoms with Crippen molar-refractivity contribution in [2.75, 3.05) is 4.90 Å². The van der Waals surface area contributed by atoms with Gasteiger partial charge in [-0.2, -0.15) is 0 Å². The summed E-state index contributed by atoms with van der Waals surface area (Å²) in [6.45, 7) is 0. The molecular formula is C50H39NO. The van der Waals surface area contributed by atoms with Crippen molar-refractivity contribution in [3.8, 4) is 22.3 Å². The average molecular weight is 670 g/mol. The highest BCUT2D eigenvalue weighted by molar-refractivity contribution is 6.06. The fraction of sp³-hybridized carbons (Fsp3) is 0.200. The number of benzene rings is 7. The molecule has 5 aliphatic carbocycles. The van der Waals surface area contributed by atoms with Crippen LogP contribution >= 0.6 is 0 Å². The molecule has 4 saturated carbocycles. The van der Waals surface area contributed by atoms with Crippen LogP contribution in [0.1, 0.15) is 43.2 Å². The number of rotatable bonds is 4. The lowest BCUT2D eigenvalue weighted by Gasteiger charge is -2.61. The Morgan fingerprint density at radius 2 is 1.08 bits per heavy atom. The Balaban J connectivity index is 1.02. The third-order valence-corrected chi connectivity index (χ3v) is 13.6. The number of fused-ring (bicyclic) bond motifs is 7. The van der Waals surface area contributed by atoms with Crippen molar-refractivity contribution in [1.29, 1.82) is 0 Å². The Hall–Kier alpha value is -5.60. The standard InChI is InChI=1S/C50H39NO/c1-2-8-35-28-36(14-13-33(35)7-1)34-15-17-39(18-16-34)51(41-19-21-44-43-10-4-6-12-48(43)52-49(44)30-41)40-20-22-47-45(29-40)42-9-3-5-11-46(42)50(47)37-24-31-23-32(26-37)27-38(50)25-31/h1-22,28-32,37-38H,23-27H2. The molecule has 1 spiro atoms. The minimum absolute atomic E-state index is 0.164. The zero-order valence-electron chi connectivity index (χ0n) is 29.1. The van der Waals surface area contributed by atoms with Crippen molar-refractivity contribution in [3.63, 3.8) is 0 Å². The van der Waals surface area contributed by atoms with Gasteiger partial charge in [-0.25, -0.2) is 0 Å². The Kier molecular flexibility index (Phi) is 5.98. The molecular weight excluding hydrogens is 631 g/mol. The number of para-hydroxylation sites is 1. The molecule has 8 aromatic rings. The van der Waals surface area contributed by atoms with E-state index in [1.807, 2.05) is 6.07 Å². The van der Waals surface area contributed by atoms with Crippen molar-refractivity contribution in [3.05, 3.63) is 163 Å². The van der Waals surface area contributed by atoms with Crippen molar-refractivity contribution >= 4 is 49.8 Å². The molecule has 13 rings (SSSR count). The van der Waals surface area contributed by atoms with Crippen molar-refractivity contribution < 1.29 is 4.42 Å². The Morgan fingerprint density at radius 3 is 1.92 bits per heavy atom. The van der Waals surface area contributed by atoms with Gasteiger partial charge in [0.1, 0.15) is 11.2 Å². The zero-order valence-corrected chi connectivity index (χ0v) is 29.1. The normalized spacial score (nSPS) is 23.8. The van der Waals surface area contributed by atoms with E-state index in [0.29, 0.717) is 0 Å². The molecule has 4 fully saturated rings. The molecule has 0 saturated heterocycles. The third kappa shape index (κ3) is 4.01. The van der Waals surface area contributed by atoms with Gasteiger partial charge in [0.2, 0.25) is 0 Å². The molecule has 2 nitrogen and oxygen atoms in total. The van der Waals surface area contributed by atoms with E-state index in [1.165, 1.54) is 70.8 Å². The van der Waals surface area contributed by atoms with Crippen LogP contribution in [0.3, 0.4) is 0 Å². The van der Waals surface area contributed by atoms with Crippen LogP contribution in [0.15, 0.2) is 156 Å². The van der Waals surface area contributed by atoms with Gasteiger partial charge in [0.25, 0.3) is 0 Å². The second kappa shape index (κ2) is 10.7. The van der Waals surface area contributed by atoms with Gasteiger partial charge in [-0.3, -0.25) is 0 Å². The van der Waals surface area contributed by atoms with Gasteiger partial charge in [-0.05, 0) is 148 Å². The van der Waals surface area contributed by atoms with Crippen LogP contribution in [0.5, 0.6) is 0 Å². The van der Waals surface area contributed by atoms with Crippen molar-refractivity contribution in [2.24, 2.45) is 23.7 Å². The number of nitrogens with zero attached hydrogens (tertiary/aromatic N) is 1. The van der Waals surface area contributed by atoms with Gasteiger partial charge in [-0.1, -0.05) is 97.1 Å². The van der Waals surface area contributed by atoms with Gasteiger partial charge in [0.05, 0.1) is 0 Å². The molecule has 5 aliphatic rings. The minimum atomic E-state index is 0.164. The average Bonchev–Trinajstić information content (AvgIpc) is 3.70. The molecule has 4 bridgehead atoms. The second-order valence-corrected chi connectivity index (χ2v) is 16.2. The lowest BCUT2D eigenvalue weighted by Crippen LogP contribution is -2.55. The first kappa shape index (κ1) is 29.0. The first-order valence-electron chi connectivity index (χ1n) is 19.3. The van der Waals surface area contributed by atoms with E-state index in [0.717, 1.165) is 57.0 Å². The molecule has 0 N–H and O–H groups in total. The maximum atomic E-state index is 6.45. The van der Waals surface area contributed by atoms with Gasteiger partial charge in [0.15, 0.2) is 0 Å². The van der Waals surface area contributed by atoms with E-state index in [2.05, 4.69) is 150 Å². The Bertz CT molecular complexity index is 2690. The highest BCUT2D eigenvalue weighted by Crippen LogP contribution is 2.69. The van der Waals surface area contributed by atoms with Crippen LogP contribution in [0.4, 0.5) is 17.1 Å². The first-order chi connectivity index (χ1) is 25.7. The van der Waals surface area contributed by atoms with E-state index < -0.39 is 0 Å². The molecule has 52 heavy (non-hydrogen) atoms. The van der Waals surface area contributed by atoms with E-state index >= 15 is 0 Å². The van der Waals surface area contributed by atoms with E-state index in [4.69, 9.17) is 4.42 Å². The highest BCUT2D eigenvalue weighted by atomic mass is 16.3. The fourth-order valence-electron chi connectivity index (χ4n) is 11.8. The Morgan fingerprint density at radius 1 is 0.442 bits per heavy atom. The third-order valence-electron chi connectivity index (χ3n) is 13.6. The monoisotopic (exact) mass is 669 g/mol. The molecule has 1 heterocycles. The topological polar surface area (TPSA) is 16.4 Å². The first-order valence-corrected chi connectivity index (χ1v) is 19.3. The Labute approximate surface area is 304 Å². The van der Waals surface area contributed by atoms with E-state index in [-0.39, 0.29) is 5.41 Å². The molecule has 0 amide bonds. The van der Waals surface area contributed by atoms with Gasteiger partial charge in [-0.15, -0.1) is 0 Å². The summed E-state index contributed by atoms with van der Waals surface area (Å²) in [5.41, 5.74) is 13.9. The van der Waals surface area contributed by atoms with E-state index in [9.17, 15) is 0 Å². The number of anilines is 3. The van der Waals surface area contributed by atoms with Crippen molar-refractivity contribution in [2.45, 2.75) is 37.5 Å². The molecule has 2 heteroatoms. The molecule has 0 radical (unpaired) electrons.